The molecule has 0 saturated carbocycles. The summed E-state index contributed by atoms with van der Waals surface area (Å²) in [5.41, 5.74) is 0.558. The number of carboxylic acid groups (broad SMARTS) is 1. The van der Waals surface area contributed by atoms with Gasteiger partial charge in [0, 0.05) is 19.1 Å². The maximum Gasteiger partial charge on any atom is 0.317 e. The van der Waals surface area contributed by atoms with Crippen LogP contribution in [0.4, 0.5) is 4.39 Å². The van der Waals surface area contributed by atoms with Gasteiger partial charge in [-0.2, -0.15) is 4.31 Å². The van der Waals surface area contributed by atoms with Crippen molar-refractivity contribution < 1.29 is 22.7 Å². The van der Waals surface area contributed by atoms with Crippen LogP contribution in [0.2, 0.25) is 0 Å². The molecule has 0 spiro atoms. The monoisotopic (exact) mass is 358 g/mol. The molecule has 0 radical (unpaired) electrons. The maximum atomic E-state index is 13.5. The number of hydrogen-bond acceptors (Lipinski definition) is 4. The first-order chi connectivity index (χ1) is 11.2. The lowest BCUT2D eigenvalue weighted by molar-refractivity contribution is -0.138. The van der Waals surface area contributed by atoms with Crippen LogP contribution in [0.15, 0.2) is 23.1 Å². The second-order valence-corrected chi connectivity index (χ2v) is 8.20. The van der Waals surface area contributed by atoms with Crippen LogP contribution >= 0.6 is 0 Å². The Bertz CT molecular complexity index is 688. The quantitative estimate of drug-likeness (QED) is 0.867. The number of benzene rings is 1. The van der Waals surface area contributed by atoms with E-state index in [1.165, 1.54) is 16.4 Å². The fourth-order valence-corrected chi connectivity index (χ4v) is 4.69. The number of aryl methyl sites for hydroxylation is 1. The Morgan fingerprint density at radius 1 is 1.33 bits per heavy atom. The van der Waals surface area contributed by atoms with Crippen LogP contribution in [-0.2, 0) is 14.8 Å². The highest BCUT2D eigenvalue weighted by atomic mass is 32.2. The van der Waals surface area contributed by atoms with Crippen molar-refractivity contribution in [1.82, 2.24) is 9.21 Å². The van der Waals surface area contributed by atoms with E-state index >= 15 is 0 Å². The second-order valence-electron chi connectivity index (χ2n) is 6.26. The summed E-state index contributed by atoms with van der Waals surface area (Å²) in [6, 6.07) is 3.83. The van der Waals surface area contributed by atoms with Crippen LogP contribution in [0, 0.1) is 12.7 Å². The van der Waals surface area contributed by atoms with Gasteiger partial charge in [-0.15, -0.1) is 0 Å². The Morgan fingerprint density at radius 3 is 2.67 bits per heavy atom. The average Bonchev–Trinajstić information content (AvgIpc) is 2.71. The molecule has 8 heteroatoms. The SMILES string of the molecule is Cc1cc(F)cc(S(=O)(=O)N2CCCC(N(C)CC(=O)O)CC2)c1. The molecule has 1 atom stereocenters. The topological polar surface area (TPSA) is 77.9 Å². The molecule has 0 aliphatic carbocycles. The fourth-order valence-electron chi connectivity index (χ4n) is 3.08. The third-order valence-electron chi connectivity index (χ3n) is 4.32. The van der Waals surface area contributed by atoms with Crippen LogP contribution in [-0.4, -0.2) is 61.4 Å². The fraction of sp³-hybridized carbons (Fsp3) is 0.562. The van der Waals surface area contributed by atoms with Gasteiger partial charge in [0.05, 0.1) is 11.4 Å². The van der Waals surface area contributed by atoms with E-state index in [0.717, 1.165) is 12.5 Å². The summed E-state index contributed by atoms with van der Waals surface area (Å²) in [6.45, 7) is 2.24. The summed E-state index contributed by atoms with van der Waals surface area (Å²) < 4.78 is 40.4. The van der Waals surface area contributed by atoms with Gasteiger partial charge < -0.3 is 5.11 Å². The number of sulfonamides is 1. The zero-order chi connectivity index (χ0) is 17.9. The smallest absolute Gasteiger partial charge is 0.317 e. The Kier molecular flexibility index (Phi) is 5.95. The van der Waals surface area contributed by atoms with Gasteiger partial charge in [0.1, 0.15) is 5.82 Å². The minimum absolute atomic E-state index is 0.0237. The Morgan fingerprint density at radius 2 is 2.04 bits per heavy atom. The van der Waals surface area contributed by atoms with Crippen LogP contribution in [0.1, 0.15) is 24.8 Å². The predicted molar refractivity (Wildman–Crippen MR) is 87.8 cm³/mol. The summed E-state index contributed by atoms with van der Waals surface area (Å²) in [6.07, 6.45) is 1.93. The van der Waals surface area contributed by atoms with Crippen molar-refractivity contribution in [3.63, 3.8) is 0 Å². The molecule has 0 amide bonds. The first kappa shape index (κ1) is 18.8. The zero-order valence-electron chi connectivity index (χ0n) is 13.9. The number of halogens is 1. The van der Waals surface area contributed by atoms with Gasteiger partial charge in [-0.25, -0.2) is 12.8 Å². The van der Waals surface area contributed by atoms with E-state index in [1.807, 2.05) is 0 Å². The van der Waals surface area contributed by atoms with Gasteiger partial charge in [0.15, 0.2) is 0 Å². The molecular formula is C16H23FN2O4S. The maximum absolute atomic E-state index is 13.5. The normalized spacial score (nSPS) is 20.1. The van der Waals surface area contributed by atoms with E-state index < -0.39 is 21.8 Å². The highest BCUT2D eigenvalue weighted by Gasteiger charge is 2.29. The van der Waals surface area contributed by atoms with E-state index in [9.17, 15) is 17.6 Å². The van der Waals surface area contributed by atoms with E-state index in [4.69, 9.17) is 5.11 Å². The van der Waals surface area contributed by atoms with Gasteiger partial charge in [-0.3, -0.25) is 9.69 Å². The molecule has 134 valence electrons. The van der Waals surface area contributed by atoms with Gasteiger partial charge in [-0.05, 0) is 57.0 Å². The lowest BCUT2D eigenvalue weighted by atomic mass is 10.1. The van der Waals surface area contributed by atoms with Crippen molar-refractivity contribution in [3.05, 3.63) is 29.6 Å². The minimum atomic E-state index is -3.74. The lowest BCUT2D eigenvalue weighted by Gasteiger charge is -2.25. The molecular weight excluding hydrogens is 335 g/mol. The summed E-state index contributed by atoms with van der Waals surface area (Å²) in [5.74, 6) is -1.47. The molecule has 1 N–H and O–H groups in total. The highest BCUT2D eigenvalue weighted by Crippen LogP contribution is 2.23. The Balaban J connectivity index is 2.13. The van der Waals surface area contributed by atoms with Crippen molar-refractivity contribution in [2.24, 2.45) is 0 Å². The average molecular weight is 358 g/mol. The zero-order valence-corrected chi connectivity index (χ0v) is 14.7. The first-order valence-electron chi connectivity index (χ1n) is 7.89. The molecule has 24 heavy (non-hydrogen) atoms. The molecule has 0 bridgehead atoms. The Hall–Kier alpha value is -1.51. The molecule has 1 saturated heterocycles. The highest BCUT2D eigenvalue weighted by molar-refractivity contribution is 7.89. The van der Waals surface area contributed by atoms with Crippen molar-refractivity contribution in [2.75, 3.05) is 26.7 Å². The van der Waals surface area contributed by atoms with Gasteiger partial charge in [0.2, 0.25) is 10.0 Å². The first-order valence-corrected chi connectivity index (χ1v) is 9.33. The van der Waals surface area contributed by atoms with Crippen LogP contribution in [0.5, 0.6) is 0 Å². The molecule has 2 rings (SSSR count). The largest absolute Gasteiger partial charge is 0.480 e. The molecule has 1 aromatic carbocycles. The number of rotatable bonds is 5. The lowest BCUT2D eigenvalue weighted by Crippen LogP contribution is -2.37. The molecule has 1 unspecified atom stereocenters. The number of aliphatic carboxylic acids is 1. The van der Waals surface area contributed by atoms with E-state index in [1.54, 1.807) is 18.9 Å². The second kappa shape index (κ2) is 7.58. The molecule has 0 aromatic heterocycles. The Labute approximate surface area is 141 Å². The summed E-state index contributed by atoms with van der Waals surface area (Å²) in [7, 11) is -2.01. The van der Waals surface area contributed by atoms with Crippen molar-refractivity contribution in [2.45, 2.75) is 37.1 Å². The van der Waals surface area contributed by atoms with Crippen LogP contribution in [0.3, 0.4) is 0 Å². The molecule has 1 aliphatic rings. The third-order valence-corrected chi connectivity index (χ3v) is 6.19. The molecule has 1 aliphatic heterocycles. The van der Waals surface area contributed by atoms with Crippen molar-refractivity contribution in [3.8, 4) is 0 Å². The summed E-state index contributed by atoms with van der Waals surface area (Å²) in [4.78, 5) is 12.5. The summed E-state index contributed by atoms with van der Waals surface area (Å²) in [5, 5.41) is 8.88. The van der Waals surface area contributed by atoms with E-state index in [-0.39, 0.29) is 17.5 Å². The standard InChI is InChI=1S/C16H23FN2O4S/c1-12-8-13(17)10-15(9-12)24(22,23)19-6-3-4-14(5-7-19)18(2)11-16(20)21/h8-10,14H,3-7,11H2,1-2H3,(H,20,21). The number of hydrogen-bond donors (Lipinski definition) is 1. The third kappa shape index (κ3) is 4.52. The van der Waals surface area contributed by atoms with E-state index in [0.29, 0.717) is 31.5 Å². The number of likely N-dealkylation sites (N-methyl/N-ethyl adjacent to an activating group) is 1. The number of carbonyl (C=O) groups is 1. The molecule has 6 nitrogen and oxygen atoms in total. The van der Waals surface area contributed by atoms with Crippen molar-refractivity contribution in [1.29, 1.82) is 0 Å². The number of carboxylic acids is 1. The van der Waals surface area contributed by atoms with Crippen molar-refractivity contribution >= 4 is 16.0 Å². The van der Waals surface area contributed by atoms with Gasteiger partial charge in [0.25, 0.3) is 0 Å². The van der Waals surface area contributed by atoms with Crippen LogP contribution < -0.4 is 0 Å². The van der Waals surface area contributed by atoms with Crippen LogP contribution in [0.25, 0.3) is 0 Å². The molecule has 1 heterocycles. The molecule has 1 aromatic rings. The minimum Gasteiger partial charge on any atom is -0.480 e. The van der Waals surface area contributed by atoms with Gasteiger partial charge in [-0.1, -0.05) is 0 Å². The number of nitrogens with zero attached hydrogens (tertiary/aromatic N) is 2. The summed E-state index contributed by atoms with van der Waals surface area (Å²) >= 11 is 0. The van der Waals surface area contributed by atoms with Gasteiger partial charge >= 0.3 is 5.97 Å². The van der Waals surface area contributed by atoms with E-state index in [2.05, 4.69) is 0 Å². The predicted octanol–water partition coefficient (Wildman–Crippen LogP) is 1.69. The molecule has 1 fully saturated rings.